The molecule has 0 bridgehead atoms. The van der Waals surface area contributed by atoms with Crippen LogP contribution in [-0.2, 0) is 0 Å². The molecule has 4 aromatic heterocycles. The molecule has 0 fully saturated rings. The first kappa shape index (κ1) is 33.5. The Hall–Kier alpha value is -6.66. The van der Waals surface area contributed by atoms with Gasteiger partial charge in [-0.05, 0) is 110 Å². The van der Waals surface area contributed by atoms with Gasteiger partial charge in [0.05, 0.1) is 22.1 Å². The zero-order valence-electron chi connectivity index (χ0n) is 32.0. The molecule has 0 saturated carbocycles. The molecular weight excluding hydrogens is 743 g/mol. The maximum Gasteiger partial charge on any atom is 0.0544 e. The van der Waals surface area contributed by atoms with Crippen LogP contribution in [0.5, 0.6) is 0 Å². The smallest absolute Gasteiger partial charge is 0.0544 e. The summed E-state index contributed by atoms with van der Waals surface area (Å²) in [5.74, 6) is 0. The van der Waals surface area contributed by atoms with E-state index in [1.54, 1.807) is 0 Å². The SMILES string of the molecule is C/C=C\NC(C)c1cccc2c1c1ccccc1n2-c1ccc2sc3ccc(-n4c5ccccc5c5cc(-c6cccc7c6sc6ccccc67)ccc54)cc3c2c1. The lowest BCUT2D eigenvalue weighted by atomic mass is 10.0. The van der Waals surface area contributed by atoms with Crippen molar-refractivity contribution in [1.82, 2.24) is 14.5 Å². The van der Waals surface area contributed by atoms with Crippen molar-refractivity contribution in [2.75, 3.05) is 0 Å². The molecule has 0 aliphatic heterocycles. The number of para-hydroxylation sites is 2. The Labute approximate surface area is 343 Å². The van der Waals surface area contributed by atoms with E-state index in [2.05, 4.69) is 191 Å². The molecule has 0 spiro atoms. The molecule has 0 radical (unpaired) electrons. The summed E-state index contributed by atoms with van der Waals surface area (Å²) in [6, 6.07) is 61.2. The zero-order chi connectivity index (χ0) is 38.5. The molecule has 3 nitrogen and oxygen atoms in total. The average molecular weight is 780 g/mol. The number of rotatable bonds is 6. The van der Waals surface area contributed by atoms with Gasteiger partial charge in [0.15, 0.2) is 0 Å². The first-order valence-electron chi connectivity index (χ1n) is 19.9. The summed E-state index contributed by atoms with van der Waals surface area (Å²) in [4.78, 5) is 0. The minimum Gasteiger partial charge on any atom is -0.385 e. The van der Waals surface area contributed by atoms with Gasteiger partial charge in [0.2, 0.25) is 0 Å². The number of hydrogen-bond donors (Lipinski definition) is 1. The third-order valence-electron chi connectivity index (χ3n) is 12.0. The Morgan fingerprint density at radius 1 is 0.483 bits per heavy atom. The molecule has 12 aromatic rings. The number of thiophene rings is 2. The highest BCUT2D eigenvalue weighted by Gasteiger charge is 2.20. The van der Waals surface area contributed by atoms with Crippen LogP contribution in [0.1, 0.15) is 25.5 Å². The Balaban J connectivity index is 1.03. The number of hydrogen-bond acceptors (Lipinski definition) is 3. The molecule has 0 aliphatic rings. The predicted octanol–water partition coefficient (Wildman–Crippen LogP) is 15.5. The second-order valence-corrected chi connectivity index (χ2v) is 17.4. The lowest BCUT2D eigenvalue weighted by molar-refractivity contribution is 0.691. The van der Waals surface area contributed by atoms with Gasteiger partial charge in [0, 0.05) is 79.3 Å². The molecule has 0 aliphatic carbocycles. The van der Waals surface area contributed by atoms with Crippen molar-refractivity contribution < 1.29 is 0 Å². The molecule has 0 saturated heterocycles. The van der Waals surface area contributed by atoms with Crippen LogP contribution in [0, 0.1) is 0 Å². The summed E-state index contributed by atoms with van der Waals surface area (Å²) < 4.78 is 10.2. The van der Waals surface area contributed by atoms with Crippen molar-refractivity contribution in [3.8, 4) is 22.5 Å². The van der Waals surface area contributed by atoms with Crippen LogP contribution in [-0.4, -0.2) is 9.13 Å². The predicted molar refractivity (Wildman–Crippen MR) is 253 cm³/mol. The van der Waals surface area contributed by atoms with Crippen molar-refractivity contribution in [3.63, 3.8) is 0 Å². The Kier molecular flexibility index (Phi) is 7.47. The third kappa shape index (κ3) is 4.90. The minimum atomic E-state index is 0.171. The topological polar surface area (TPSA) is 21.9 Å². The fraction of sp³-hybridized carbons (Fsp3) is 0.0566. The van der Waals surface area contributed by atoms with Crippen LogP contribution < -0.4 is 5.32 Å². The normalized spacial score (nSPS) is 12.9. The first-order chi connectivity index (χ1) is 28.6. The summed E-state index contributed by atoms with van der Waals surface area (Å²) >= 11 is 3.76. The molecular formula is C53H37N3S2. The van der Waals surface area contributed by atoms with E-state index in [0.29, 0.717) is 0 Å². The van der Waals surface area contributed by atoms with E-state index in [9.17, 15) is 0 Å². The van der Waals surface area contributed by atoms with Crippen molar-refractivity contribution in [3.05, 3.63) is 182 Å². The largest absolute Gasteiger partial charge is 0.385 e. The quantitative estimate of drug-likeness (QED) is 0.178. The molecule has 4 heterocycles. The molecule has 12 rings (SSSR count). The lowest BCUT2D eigenvalue weighted by Crippen LogP contribution is -2.11. The summed E-state index contributed by atoms with van der Waals surface area (Å²) in [6.07, 6.45) is 4.09. The fourth-order valence-corrected chi connectivity index (χ4v) is 11.7. The van der Waals surface area contributed by atoms with E-state index in [0.717, 1.165) is 0 Å². The highest BCUT2D eigenvalue weighted by atomic mass is 32.1. The van der Waals surface area contributed by atoms with Gasteiger partial charge in [-0.25, -0.2) is 0 Å². The van der Waals surface area contributed by atoms with E-state index >= 15 is 0 Å². The van der Waals surface area contributed by atoms with Crippen LogP contribution in [0.15, 0.2) is 176 Å². The van der Waals surface area contributed by atoms with E-state index in [-0.39, 0.29) is 6.04 Å². The highest BCUT2D eigenvalue weighted by molar-refractivity contribution is 7.26. The van der Waals surface area contributed by atoms with Crippen molar-refractivity contribution >= 4 is 107 Å². The summed E-state index contributed by atoms with van der Waals surface area (Å²) in [5.41, 5.74) is 11.1. The van der Waals surface area contributed by atoms with Gasteiger partial charge >= 0.3 is 0 Å². The van der Waals surface area contributed by atoms with Gasteiger partial charge in [-0.3, -0.25) is 0 Å². The summed E-state index contributed by atoms with van der Waals surface area (Å²) in [5, 5.41) is 13.9. The summed E-state index contributed by atoms with van der Waals surface area (Å²) in [6.45, 7) is 4.29. The second kappa shape index (κ2) is 12.9. The summed E-state index contributed by atoms with van der Waals surface area (Å²) in [7, 11) is 0. The molecule has 1 unspecified atom stereocenters. The van der Waals surface area contributed by atoms with Crippen molar-refractivity contribution in [2.45, 2.75) is 19.9 Å². The van der Waals surface area contributed by atoms with Crippen LogP contribution >= 0.6 is 22.7 Å². The van der Waals surface area contributed by atoms with Crippen LogP contribution in [0.25, 0.3) is 106 Å². The number of nitrogens with zero attached hydrogens (tertiary/aromatic N) is 2. The number of fused-ring (bicyclic) bond motifs is 12. The van der Waals surface area contributed by atoms with E-state index in [4.69, 9.17) is 0 Å². The van der Waals surface area contributed by atoms with Gasteiger partial charge in [0.1, 0.15) is 0 Å². The third-order valence-corrected chi connectivity index (χ3v) is 14.4. The Morgan fingerprint density at radius 3 is 1.86 bits per heavy atom. The number of allylic oxidation sites excluding steroid dienone is 1. The monoisotopic (exact) mass is 779 g/mol. The van der Waals surface area contributed by atoms with Gasteiger partial charge < -0.3 is 14.5 Å². The fourth-order valence-electron chi connectivity index (χ4n) is 9.44. The van der Waals surface area contributed by atoms with Crippen LogP contribution in [0.2, 0.25) is 0 Å². The first-order valence-corrected chi connectivity index (χ1v) is 21.6. The second-order valence-electron chi connectivity index (χ2n) is 15.3. The molecule has 1 N–H and O–H groups in total. The number of aromatic nitrogens is 2. The van der Waals surface area contributed by atoms with Crippen LogP contribution in [0.3, 0.4) is 0 Å². The van der Waals surface area contributed by atoms with E-state index in [1.807, 2.05) is 35.8 Å². The zero-order valence-corrected chi connectivity index (χ0v) is 33.7. The molecule has 5 heteroatoms. The standard InChI is InChI=1S/C53H37N3S2/c1-3-28-54-32(2)36-15-11-20-48-52(36)41-14-5-8-19-46(41)56(48)35-24-27-51-44(31-35)43-30-34(23-26-50(43)57-51)55-45-18-7-4-12-38(45)42-29-33(22-25-47(42)55)37-16-10-17-40-39-13-6-9-21-49(39)58-53(37)40/h3-32,54H,1-2H3/b28-3-. The van der Waals surface area contributed by atoms with Crippen molar-refractivity contribution in [1.29, 1.82) is 0 Å². The molecule has 0 amide bonds. The lowest BCUT2D eigenvalue weighted by Gasteiger charge is -2.14. The van der Waals surface area contributed by atoms with E-state index < -0.39 is 0 Å². The van der Waals surface area contributed by atoms with E-state index in [1.165, 1.54) is 112 Å². The molecule has 1 atom stereocenters. The maximum atomic E-state index is 3.57. The molecule has 276 valence electrons. The van der Waals surface area contributed by atoms with Gasteiger partial charge in [-0.15, -0.1) is 22.7 Å². The van der Waals surface area contributed by atoms with Gasteiger partial charge in [-0.1, -0.05) is 97.1 Å². The Morgan fingerprint density at radius 2 is 1.09 bits per heavy atom. The average Bonchev–Trinajstić information content (AvgIpc) is 4.02. The van der Waals surface area contributed by atoms with Crippen LogP contribution in [0.4, 0.5) is 0 Å². The Bertz CT molecular complexity index is 3650. The number of nitrogens with one attached hydrogen (secondary N) is 1. The molecule has 8 aromatic carbocycles. The number of benzene rings is 8. The molecule has 58 heavy (non-hydrogen) atoms. The van der Waals surface area contributed by atoms with Crippen molar-refractivity contribution in [2.24, 2.45) is 0 Å². The van der Waals surface area contributed by atoms with Gasteiger partial charge in [0.25, 0.3) is 0 Å². The maximum absolute atomic E-state index is 3.57. The van der Waals surface area contributed by atoms with Gasteiger partial charge in [-0.2, -0.15) is 0 Å². The highest BCUT2D eigenvalue weighted by Crippen LogP contribution is 2.44. The minimum absolute atomic E-state index is 0.171.